The van der Waals surface area contributed by atoms with Crippen molar-refractivity contribution in [2.45, 2.75) is 90.4 Å². The smallest absolute Gasteiger partial charge is 0.252 e. The molecule has 0 aliphatic heterocycles. The summed E-state index contributed by atoms with van der Waals surface area (Å²) in [7, 11) is 3.78. The largest absolute Gasteiger partial charge is 0.316 e. The molecule has 0 unspecified atom stereocenters. The molecule has 0 aliphatic rings. The standard InChI is InChI=1S/2C16H21N3/c2*1-15(2,11-17)13-7-12(10-18-5)8-14(9-13)16(3,4)19-6/h2*7-9,18H,10H2,1-5H3. The van der Waals surface area contributed by atoms with Crippen LogP contribution in [0, 0.1) is 35.8 Å². The first-order valence-corrected chi connectivity index (χ1v) is 12.7. The first kappa shape index (κ1) is 32.3. The Morgan fingerprint density at radius 3 is 1.13 bits per heavy atom. The van der Waals surface area contributed by atoms with Crippen LogP contribution in [0.5, 0.6) is 0 Å². The maximum atomic E-state index is 9.29. The van der Waals surface area contributed by atoms with E-state index in [9.17, 15) is 10.5 Å². The van der Waals surface area contributed by atoms with Crippen molar-refractivity contribution < 1.29 is 0 Å². The lowest BCUT2D eigenvalue weighted by Gasteiger charge is -2.21. The fraction of sp³-hybridized carbons (Fsp3) is 0.500. The highest BCUT2D eigenvalue weighted by Crippen LogP contribution is 2.32. The van der Waals surface area contributed by atoms with Gasteiger partial charge in [-0.25, -0.2) is 13.1 Å². The van der Waals surface area contributed by atoms with E-state index in [-0.39, 0.29) is 0 Å². The summed E-state index contributed by atoms with van der Waals surface area (Å²) in [6.07, 6.45) is 0. The number of rotatable bonds is 8. The Kier molecular flexibility index (Phi) is 10.8. The van der Waals surface area contributed by atoms with Crippen molar-refractivity contribution in [2.75, 3.05) is 14.1 Å². The Morgan fingerprint density at radius 2 is 0.895 bits per heavy atom. The van der Waals surface area contributed by atoms with E-state index < -0.39 is 21.9 Å². The van der Waals surface area contributed by atoms with Crippen molar-refractivity contribution in [3.8, 4) is 12.1 Å². The highest BCUT2D eigenvalue weighted by molar-refractivity contribution is 5.42. The fourth-order valence-corrected chi connectivity index (χ4v) is 3.68. The van der Waals surface area contributed by atoms with E-state index in [4.69, 9.17) is 13.1 Å². The first-order valence-electron chi connectivity index (χ1n) is 12.7. The molecule has 0 saturated carbocycles. The van der Waals surface area contributed by atoms with Gasteiger partial charge in [-0.15, -0.1) is 0 Å². The van der Waals surface area contributed by atoms with Crippen LogP contribution in [0.1, 0.15) is 88.8 Å². The maximum Gasteiger partial charge on any atom is 0.252 e. The summed E-state index contributed by atoms with van der Waals surface area (Å²) in [4.78, 5) is 7.38. The van der Waals surface area contributed by atoms with Gasteiger partial charge < -0.3 is 20.3 Å². The molecule has 0 aliphatic carbocycles. The number of nitrogens with zero attached hydrogens (tertiary/aromatic N) is 4. The van der Waals surface area contributed by atoms with E-state index in [0.717, 1.165) is 46.5 Å². The summed E-state index contributed by atoms with van der Waals surface area (Å²) in [6, 6.07) is 16.8. The summed E-state index contributed by atoms with van der Waals surface area (Å²) in [5.41, 5.74) is 3.86. The quantitative estimate of drug-likeness (QED) is 0.386. The van der Waals surface area contributed by atoms with Gasteiger partial charge in [0, 0.05) is 51.9 Å². The van der Waals surface area contributed by atoms with Crippen molar-refractivity contribution >= 4 is 0 Å². The topological polar surface area (TPSA) is 80.4 Å². The Balaban J connectivity index is 0.000000380. The third-order valence-electron chi connectivity index (χ3n) is 6.72. The second kappa shape index (κ2) is 12.7. The van der Waals surface area contributed by atoms with Crippen molar-refractivity contribution in [1.82, 2.24) is 10.6 Å². The molecule has 6 nitrogen and oxygen atoms in total. The molecule has 2 aromatic rings. The second-order valence-corrected chi connectivity index (χ2v) is 11.7. The lowest BCUT2D eigenvalue weighted by atomic mass is 9.81. The Labute approximate surface area is 230 Å². The summed E-state index contributed by atoms with van der Waals surface area (Å²) >= 11 is 0. The molecule has 0 bridgehead atoms. The van der Waals surface area contributed by atoms with Crippen LogP contribution in [0.25, 0.3) is 9.69 Å². The highest BCUT2D eigenvalue weighted by Gasteiger charge is 2.30. The Bertz CT molecular complexity index is 1100. The van der Waals surface area contributed by atoms with Crippen molar-refractivity contribution in [2.24, 2.45) is 0 Å². The van der Waals surface area contributed by atoms with Crippen LogP contribution in [0.4, 0.5) is 0 Å². The van der Waals surface area contributed by atoms with Gasteiger partial charge >= 0.3 is 0 Å². The molecule has 38 heavy (non-hydrogen) atoms. The third-order valence-corrected chi connectivity index (χ3v) is 6.72. The zero-order valence-corrected chi connectivity index (χ0v) is 24.7. The van der Waals surface area contributed by atoms with E-state index in [0.29, 0.717) is 0 Å². The van der Waals surface area contributed by atoms with Crippen molar-refractivity contribution in [3.05, 3.63) is 92.6 Å². The Morgan fingerprint density at radius 1 is 0.605 bits per heavy atom. The molecular formula is C32H42N6. The van der Waals surface area contributed by atoms with Crippen LogP contribution in [0.3, 0.4) is 0 Å². The third kappa shape index (κ3) is 8.16. The van der Waals surface area contributed by atoms with Crippen LogP contribution in [-0.2, 0) is 35.0 Å². The predicted molar refractivity (Wildman–Crippen MR) is 155 cm³/mol. The van der Waals surface area contributed by atoms with Gasteiger partial charge in [0.25, 0.3) is 11.1 Å². The van der Waals surface area contributed by atoms with E-state index in [2.05, 4.69) is 32.5 Å². The molecular weight excluding hydrogens is 468 g/mol. The van der Waals surface area contributed by atoms with E-state index in [1.165, 1.54) is 0 Å². The number of nitrogens with one attached hydrogen (secondary N) is 2. The average molecular weight is 511 g/mol. The van der Waals surface area contributed by atoms with Crippen LogP contribution in [0.15, 0.2) is 36.4 Å². The fourth-order valence-electron chi connectivity index (χ4n) is 3.68. The van der Waals surface area contributed by atoms with Crippen LogP contribution in [0.2, 0.25) is 0 Å². The first-order chi connectivity index (χ1) is 17.5. The van der Waals surface area contributed by atoms with Gasteiger partial charge in [0.05, 0.1) is 23.0 Å². The number of benzene rings is 2. The number of nitriles is 2. The SMILES string of the molecule is [C-]#[N+]C(C)(C)c1cc(CNC)cc(C(C)(C)C#N)c1.[C-]#[N+]C(C)(C)c1cc(CNC)cc(C(C)(C)C#N)c1. The zero-order chi connectivity index (χ0) is 29.4. The van der Waals surface area contributed by atoms with Gasteiger partial charge in [0.2, 0.25) is 0 Å². The second-order valence-electron chi connectivity index (χ2n) is 11.7. The maximum absolute atomic E-state index is 9.29. The van der Waals surface area contributed by atoms with Gasteiger partial charge in [-0.3, -0.25) is 0 Å². The molecule has 0 spiro atoms. The molecule has 0 radical (unpaired) electrons. The van der Waals surface area contributed by atoms with E-state index >= 15 is 0 Å². The van der Waals surface area contributed by atoms with E-state index in [1.807, 2.05) is 106 Å². The molecule has 0 saturated heterocycles. The minimum atomic E-state index is -0.565. The molecule has 0 atom stereocenters. The summed E-state index contributed by atoms with van der Waals surface area (Å²) in [6.45, 7) is 31.4. The highest BCUT2D eigenvalue weighted by atomic mass is 14.8. The van der Waals surface area contributed by atoms with Gasteiger partial charge in [-0.2, -0.15) is 10.5 Å². The summed E-state index contributed by atoms with van der Waals surface area (Å²) in [5, 5.41) is 24.8. The van der Waals surface area contributed by atoms with Crippen LogP contribution in [-0.4, -0.2) is 14.1 Å². The summed E-state index contributed by atoms with van der Waals surface area (Å²) < 4.78 is 0. The molecule has 0 heterocycles. The lowest BCUT2D eigenvalue weighted by Crippen LogP contribution is -2.19. The predicted octanol–water partition coefficient (Wildman–Crippen LogP) is 6.72. The average Bonchev–Trinajstić information content (AvgIpc) is 2.89. The lowest BCUT2D eigenvalue weighted by molar-refractivity contribution is 0.643. The van der Waals surface area contributed by atoms with Crippen molar-refractivity contribution in [3.63, 3.8) is 0 Å². The monoisotopic (exact) mass is 510 g/mol. The van der Waals surface area contributed by atoms with Gasteiger partial charge in [0.1, 0.15) is 0 Å². The minimum Gasteiger partial charge on any atom is -0.316 e. The zero-order valence-electron chi connectivity index (χ0n) is 24.7. The van der Waals surface area contributed by atoms with Crippen LogP contribution < -0.4 is 10.6 Å². The minimum absolute atomic E-state index is 0.545. The number of hydrogen-bond donors (Lipinski definition) is 2. The van der Waals surface area contributed by atoms with Crippen LogP contribution >= 0.6 is 0 Å². The molecule has 2 rings (SSSR count). The Hall–Kier alpha value is -3.68. The van der Waals surface area contributed by atoms with Gasteiger partial charge in [0.15, 0.2) is 0 Å². The molecule has 0 fully saturated rings. The van der Waals surface area contributed by atoms with Gasteiger partial charge in [-0.1, -0.05) is 12.1 Å². The normalized spacial score (nSPS) is 11.7. The number of hydrogen-bond acceptors (Lipinski definition) is 4. The van der Waals surface area contributed by atoms with E-state index in [1.54, 1.807) is 0 Å². The molecule has 0 amide bonds. The summed E-state index contributed by atoms with van der Waals surface area (Å²) in [5.74, 6) is 0. The molecule has 2 aromatic carbocycles. The molecule has 6 heteroatoms. The molecule has 200 valence electrons. The van der Waals surface area contributed by atoms with Gasteiger partial charge in [-0.05, 0) is 88.3 Å². The molecule has 2 N–H and O–H groups in total. The molecule has 0 aromatic heterocycles. The van der Waals surface area contributed by atoms with Crippen molar-refractivity contribution in [1.29, 1.82) is 10.5 Å².